The van der Waals surface area contributed by atoms with Crippen LogP contribution in [0, 0.1) is 0 Å². The van der Waals surface area contributed by atoms with Gasteiger partial charge in [0.15, 0.2) is 0 Å². The van der Waals surface area contributed by atoms with Crippen LogP contribution in [-0.2, 0) is 47.4 Å². The first-order chi connectivity index (χ1) is 33.9. The second kappa shape index (κ2) is 25.2. The van der Waals surface area contributed by atoms with Crippen molar-refractivity contribution >= 4 is 82.4 Å². The predicted octanol–water partition coefficient (Wildman–Crippen LogP) is 11.7. The van der Waals surface area contributed by atoms with Gasteiger partial charge in [0.25, 0.3) is 30.4 Å². The average Bonchev–Trinajstić information content (AvgIpc) is 4.23. The van der Waals surface area contributed by atoms with Crippen molar-refractivity contribution in [3.05, 3.63) is 144 Å². The number of aromatic amines is 1. The standard InChI is InChI=1S/C44H30N5O9S3.C4H10.2C2H6.CH4O.Mn/c45-29-9-1-25(2-10-29)41-33-17-19-35(46-33)42(26-3-11-30(12-4-26)59(50,51)52)37-21-23-39(48-37)44(28-7-15-32(16-8-28)61(56,57)58)40-24-22-38(49-40)43(36-20-18-34(41)47-36)27-5-13-31(14-6-27)60(53,54)55;1-3-4-2;3*1-2;/h1-24,48H,45H2,(H,50,51,52)(H,53,54,55)(H,56,57,58);3-4H2,1-2H3;2*1-2H3;2H,1H3;/q-1;;;;;+2. The largest absolute Gasteiger partial charge is 2.00 e. The molecule has 72 heavy (non-hydrogen) atoms. The SMILES string of the molecule is CC.CC.CCCC.CO.Nc1ccc(-c2c3nc(c(-c4ccc(S(=O)(=O)O)cc4)c4ccc([nH]4)c(-c4ccc(S(=O)(=O)O)cc4)c4nc(c(-c5ccc(S(=O)(=O)O)cc5)c5ccc2[n-]5)C=C4)C=C3)cc1.[Mn+2]. The Morgan fingerprint density at radius 3 is 0.986 bits per heavy atom. The zero-order chi connectivity index (χ0) is 52.3. The Morgan fingerprint density at radius 1 is 0.444 bits per heavy atom. The van der Waals surface area contributed by atoms with E-state index in [-0.39, 0.29) is 31.8 Å². The summed E-state index contributed by atoms with van der Waals surface area (Å²) in [6.45, 7) is 12.4. The Kier molecular flexibility index (Phi) is 20.4. The van der Waals surface area contributed by atoms with Crippen LogP contribution in [0.5, 0.6) is 0 Å². The smallest absolute Gasteiger partial charge is 0.657 e. The maximum atomic E-state index is 12.0. The van der Waals surface area contributed by atoms with E-state index in [0.717, 1.165) is 12.7 Å². The molecule has 0 saturated heterocycles. The molecule has 2 aliphatic rings. The van der Waals surface area contributed by atoms with Crippen molar-refractivity contribution < 1.29 is 61.1 Å². The Morgan fingerprint density at radius 2 is 0.708 bits per heavy atom. The van der Waals surface area contributed by atoms with Crippen LogP contribution in [-0.4, -0.2) is 66.1 Å². The van der Waals surface area contributed by atoms with E-state index in [2.05, 4.69) is 18.8 Å². The van der Waals surface area contributed by atoms with E-state index >= 15 is 0 Å². The molecule has 0 unspecified atom stereocenters. The third-order valence-electron chi connectivity index (χ3n) is 10.7. The summed E-state index contributed by atoms with van der Waals surface area (Å²) in [5.74, 6) is 0. The van der Waals surface area contributed by atoms with Gasteiger partial charge in [0, 0.05) is 35.0 Å². The minimum Gasteiger partial charge on any atom is -0.657 e. The monoisotopic (exact) mass is 1070 g/mol. The van der Waals surface area contributed by atoms with Crippen molar-refractivity contribution in [1.82, 2.24) is 19.9 Å². The van der Waals surface area contributed by atoms with E-state index in [1.54, 1.807) is 60.7 Å². The molecular weight excluding hydrogens is 1020 g/mol. The van der Waals surface area contributed by atoms with Gasteiger partial charge in [-0.15, -0.1) is 11.0 Å². The molecule has 7 N–H and O–H groups in total. The van der Waals surface area contributed by atoms with Crippen LogP contribution in [0.25, 0.3) is 90.9 Å². The van der Waals surface area contributed by atoms with Crippen molar-refractivity contribution in [2.45, 2.75) is 69.1 Å². The molecule has 0 atom stereocenters. The Balaban J connectivity index is 0.000000954. The number of nitrogens with two attached hydrogens (primary N) is 1. The first kappa shape index (κ1) is 58.1. The molecule has 377 valence electrons. The third kappa shape index (κ3) is 13.3. The van der Waals surface area contributed by atoms with Gasteiger partial charge in [-0.1, -0.05) is 115 Å². The van der Waals surface area contributed by atoms with Crippen LogP contribution in [0.2, 0.25) is 0 Å². The number of aliphatic hydroxyl groups is 1. The molecule has 7 aromatic rings. The fourth-order valence-electron chi connectivity index (χ4n) is 7.38. The number of nitrogens with zero attached hydrogens (tertiary/aromatic N) is 3. The van der Waals surface area contributed by atoms with E-state index < -0.39 is 30.4 Å². The van der Waals surface area contributed by atoms with Crippen LogP contribution in [0.15, 0.2) is 136 Å². The van der Waals surface area contributed by atoms with Crippen LogP contribution in [0.4, 0.5) is 5.69 Å². The summed E-state index contributed by atoms with van der Waals surface area (Å²) in [4.78, 5) is 17.9. The van der Waals surface area contributed by atoms with E-state index in [9.17, 15) is 38.9 Å². The number of aromatic nitrogens is 4. The number of rotatable bonds is 8. The number of hydrogen-bond acceptors (Lipinski definition) is 10. The number of anilines is 1. The first-order valence-corrected chi connectivity index (χ1v) is 26.9. The topological polar surface area (TPSA) is 265 Å². The van der Waals surface area contributed by atoms with Gasteiger partial charge in [-0.3, -0.25) is 13.7 Å². The van der Waals surface area contributed by atoms with Gasteiger partial charge in [0.1, 0.15) is 0 Å². The molecular formula is C53H56MnN5O10S3+. The molecule has 0 amide bonds. The quantitative estimate of drug-likeness (QED) is 0.0470. The number of H-pyrrole nitrogens is 1. The van der Waals surface area contributed by atoms with Crippen molar-refractivity contribution in [3.8, 4) is 44.5 Å². The minimum absolute atomic E-state index is 0. The molecule has 8 bridgehead atoms. The van der Waals surface area contributed by atoms with Gasteiger partial charge < -0.3 is 20.8 Å². The van der Waals surface area contributed by atoms with E-state index in [1.165, 1.54) is 61.4 Å². The van der Waals surface area contributed by atoms with Crippen LogP contribution < -0.4 is 10.7 Å². The van der Waals surface area contributed by atoms with Crippen molar-refractivity contribution in [2.24, 2.45) is 0 Å². The normalized spacial score (nSPS) is 11.5. The van der Waals surface area contributed by atoms with Crippen LogP contribution in [0.3, 0.4) is 0 Å². The summed E-state index contributed by atoms with van der Waals surface area (Å²) in [5.41, 5.74) is 15.3. The molecule has 0 aliphatic carbocycles. The van der Waals surface area contributed by atoms with Gasteiger partial charge >= 0.3 is 17.1 Å². The molecule has 0 spiro atoms. The van der Waals surface area contributed by atoms with E-state index in [1.807, 2.05) is 64.1 Å². The number of nitrogen functional groups attached to an aromatic ring is 1. The first-order valence-electron chi connectivity index (χ1n) is 22.6. The number of fused-ring (bicyclic) bond motifs is 8. The molecule has 9 rings (SSSR count). The van der Waals surface area contributed by atoms with E-state index in [4.69, 9.17) is 25.8 Å². The molecule has 0 fully saturated rings. The number of hydrogen-bond donors (Lipinski definition) is 6. The number of benzene rings is 4. The summed E-state index contributed by atoms with van der Waals surface area (Å²) < 4.78 is 101. The predicted molar refractivity (Wildman–Crippen MR) is 285 cm³/mol. The second-order valence-electron chi connectivity index (χ2n) is 15.1. The molecule has 3 aromatic heterocycles. The van der Waals surface area contributed by atoms with Gasteiger partial charge in [-0.05, 0) is 118 Å². The zero-order valence-corrected chi connectivity index (χ0v) is 44.2. The Bertz CT molecular complexity index is 3500. The van der Waals surface area contributed by atoms with Crippen molar-refractivity contribution in [1.29, 1.82) is 0 Å². The average molecular weight is 1070 g/mol. The summed E-state index contributed by atoms with van der Waals surface area (Å²) in [7, 11) is -12.5. The maximum absolute atomic E-state index is 12.0. The fourth-order valence-corrected chi connectivity index (χ4v) is 8.82. The summed E-state index contributed by atoms with van der Waals surface area (Å²) in [6.07, 6.45) is 9.83. The van der Waals surface area contributed by atoms with Gasteiger partial charge in [0.05, 0.1) is 37.5 Å². The summed E-state index contributed by atoms with van der Waals surface area (Å²) >= 11 is 0. The van der Waals surface area contributed by atoms with Crippen LogP contribution >= 0.6 is 0 Å². The molecule has 15 nitrogen and oxygen atoms in total. The molecule has 19 heteroatoms. The number of aliphatic hydroxyl groups excluding tert-OH is 1. The van der Waals surface area contributed by atoms with Gasteiger partial charge in [-0.25, -0.2) is 9.97 Å². The van der Waals surface area contributed by atoms with Gasteiger partial charge in [-0.2, -0.15) is 25.3 Å². The summed E-state index contributed by atoms with van der Waals surface area (Å²) in [6, 6.07) is 31.5. The minimum atomic E-state index is -4.51. The zero-order valence-electron chi connectivity index (χ0n) is 40.5. The third-order valence-corrected chi connectivity index (χ3v) is 13.3. The van der Waals surface area contributed by atoms with Crippen molar-refractivity contribution in [3.63, 3.8) is 0 Å². The molecule has 2 aliphatic heterocycles. The molecule has 4 aromatic carbocycles. The van der Waals surface area contributed by atoms with Crippen LogP contribution in [0.1, 0.15) is 77.2 Å². The number of unbranched alkanes of at least 4 members (excludes halogenated alkanes) is 1. The van der Waals surface area contributed by atoms with Crippen molar-refractivity contribution in [2.75, 3.05) is 12.8 Å². The molecule has 0 saturated carbocycles. The maximum Gasteiger partial charge on any atom is 2.00 e. The fraction of sp³-hybridized carbons (Fsp3) is 0.170. The number of nitrogens with one attached hydrogen (secondary N) is 1. The van der Waals surface area contributed by atoms with Gasteiger partial charge in [0.2, 0.25) is 0 Å². The Labute approximate surface area is 431 Å². The molecule has 1 radical (unpaired) electrons. The molecule has 5 heterocycles. The second-order valence-corrected chi connectivity index (χ2v) is 19.3. The summed E-state index contributed by atoms with van der Waals surface area (Å²) in [5, 5.41) is 7.00. The Hall–Kier alpha value is -6.51. The van der Waals surface area contributed by atoms with E-state index in [0.29, 0.717) is 89.5 Å².